The molecule has 0 aliphatic carbocycles. The fourth-order valence-corrected chi connectivity index (χ4v) is 0.627. The highest BCUT2D eigenvalue weighted by atomic mass is 16.5. The molecular formula is C7H18N2O. The summed E-state index contributed by atoms with van der Waals surface area (Å²) in [6.45, 7) is 3.67. The molecule has 0 radical (unpaired) electrons. The van der Waals surface area contributed by atoms with Gasteiger partial charge in [-0.1, -0.05) is 0 Å². The predicted octanol–water partition coefficient (Wildman–Crippen LogP) is -0.168. The lowest BCUT2D eigenvalue weighted by atomic mass is 10.4. The summed E-state index contributed by atoms with van der Waals surface area (Å²) in [7, 11) is 3.88. The van der Waals surface area contributed by atoms with E-state index in [1.807, 2.05) is 14.1 Å². The molecule has 0 fully saturated rings. The zero-order valence-electron chi connectivity index (χ0n) is 6.94. The molecule has 0 atom stereocenters. The number of likely N-dealkylation sites (N-methyl/N-ethyl adjacent to an activating group) is 1. The SMILES string of the molecule is CNCCCOCCNC. The Labute approximate surface area is 63.1 Å². The second-order valence-electron chi connectivity index (χ2n) is 2.17. The molecule has 0 bridgehead atoms. The first-order chi connectivity index (χ1) is 4.91. The normalized spacial score (nSPS) is 10.2. The van der Waals surface area contributed by atoms with Crippen LogP contribution in [0.25, 0.3) is 0 Å². The van der Waals surface area contributed by atoms with Crippen LogP contribution in [0.1, 0.15) is 6.42 Å². The van der Waals surface area contributed by atoms with Crippen LogP contribution in [0, 0.1) is 0 Å². The van der Waals surface area contributed by atoms with Crippen LogP contribution in [-0.2, 0) is 4.74 Å². The van der Waals surface area contributed by atoms with Crippen molar-refractivity contribution < 1.29 is 4.74 Å². The summed E-state index contributed by atoms with van der Waals surface area (Å²) in [5.41, 5.74) is 0. The lowest BCUT2D eigenvalue weighted by Crippen LogP contribution is -2.16. The Bertz CT molecular complexity index is 51.6. The quantitative estimate of drug-likeness (QED) is 0.489. The Morgan fingerprint density at radius 3 is 2.30 bits per heavy atom. The Balaban J connectivity index is 2.65. The van der Waals surface area contributed by atoms with E-state index in [4.69, 9.17) is 4.74 Å². The molecule has 0 saturated heterocycles. The third-order valence-electron chi connectivity index (χ3n) is 1.21. The highest BCUT2D eigenvalue weighted by molar-refractivity contribution is 4.40. The first-order valence-corrected chi connectivity index (χ1v) is 3.78. The Morgan fingerprint density at radius 1 is 1.00 bits per heavy atom. The zero-order valence-corrected chi connectivity index (χ0v) is 6.94. The molecule has 0 unspecified atom stereocenters. The molecule has 3 heteroatoms. The van der Waals surface area contributed by atoms with E-state index in [9.17, 15) is 0 Å². The van der Waals surface area contributed by atoms with Crippen molar-refractivity contribution in [3.8, 4) is 0 Å². The van der Waals surface area contributed by atoms with Gasteiger partial charge in [0.05, 0.1) is 6.61 Å². The lowest BCUT2D eigenvalue weighted by molar-refractivity contribution is 0.135. The molecule has 2 N–H and O–H groups in total. The summed E-state index contributed by atoms with van der Waals surface area (Å²) >= 11 is 0. The van der Waals surface area contributed by atoms with Crippen molar-refractivity contribution in [2.45, 2.75) is 6.42 Å². The van der Waals surface area contributed by atoms with Gasteiger partial charge in [0.2, 0.25) is 0 Å². The van der Waals surface area contributed by atoms with E-state index in [1.54, 1.807) is 0 Å². The number of ether oxygens (including phenoxy) is 1. The maximum absolute atomic E-state index is 5.27. The van der Waals surface area contributed by atoms with Gasteiger partial charge in [-0.15, -0.1) is 0 Å². The first-order valence-electron chi connectivity index (χ1n) is 3.78. The van der Waals surface area contributed by atoms with Crippen LogP contribution in [0.15, 0.2) is 0 Å². The van der Waals surface area contributed by atoms with Crippen molar-refractivity contribution in [1.29, 1.82) is 0 Å². The topological polar surface area (TPSA) is 33.3 Å². The van der Waals surface area contributed by atoms with Gasteiger partial charge in [0.15, 0.2) is 0 Å². The average Bonchev–Trinajstić information content (AvgIpc) is 1.97. The highest BCUT2D eigenvalue weighted by Crippen LogP contribution is 1.78. The molecule has 0 rings (SSSR count). The third kappa shape index (κ3) is 7.88. The molecule has 0 aromatic rings. The smallest absolute Gasteiger partial charge is 0.0590 e. The Hall–Kier alpha value is -0.120. The van der Waals surface area contributed by atoms with E-state index in [1.165, 1.54) is 0 Å². The largest absolute Gasteiger partial charge is 0.380 e. The van der Waals surface area contributed by atoms with Crippen LogP contribution in [-0.4, -0.2) is 40.4 Å². The van der Waals surface area contributed by atoms with Gasteiger partial charge in [-0.2, -0.15) is 0 Å². The van der Waals surface area contributed by atoms with E-state index in [0.29, 0.717) is 0 Å². The summed E-state index contributed by atoms with van der Waals surface area (Å²) in [6.07, 6.45) is 1.10. The van der Waals surface area contributed by atoms with E-state index in [-0.39, 0.29) is 0 Å². The first kappa shape index (κ1) is 9.88. The molecule has 0 saturated carbocycles. The second-order valence-corrected chi connectivity index (χ2v) is 2.17. The Kier molecular flexibility index (Phi) is 8.77. The van der Waals surface area contributed by atoms with Gasteiger partial charge in [-0.05, 0) is 27.1 Å². The van der Waals surface area contributed by atoms with Crippen molar-refractivity contribution in [2.75, 3.05) is 40.4 Å². The summed E-state index contributed by atoms with van der Waals surface area (Å²) < 4.78 is 5.27. The minimum absolute atomic E-state index is 0.820. The molecule has 0 heterocycles. The van der Waals surface area contributed by atoms with E-state index in [0.717, 1.165) is 32.7 Å². The van der Waals surface area contributed by atoms with Crippen LogP contribution >= 0.6 is 0 Å². The van der Waals surface area contributed by atoms with Crippen molar-refractivity contribution >= 4 is 0 Å². The minimum Gasteiger partial charge on any atom is -0.380 e. The molecule has 0 amide bonds. The average molecular weight is 146 g/mol. The highest BCUT2D eigenvalue weighted by Gasteiger charge is 1.85. The van der Waals surface area contributed by atoms with Crippen molar-refractivity contribution in [1.82, 2.24) is 10.6 Å². The van der Waals surface area contributed by atoms with E-state index in [2.05, 4.69) is 10.6 Å². The Morgan fingerprint density at radius 2 is 1.70 bits per heavy atom. The monoisotopic (exact) mass is 146 g/mol. The van der Waals surface area contributed by atoms with Crippen LogP contribution in [0.2, 0.25) is 0 Å². The van der Waals surface area contributed by atoms with Crippen LogP contribution in [0.5, 0.6) is 0 Å². The van der Waals surface area contributed by atoms with Gasteiger partial charge >= 0.3 is 0 Å². The summed E-state index contributed by atoms with van der Waals surface area (Å²) in [5.74, 6) is 0. The number of rotatable bonds is 7. The minimum atomic E-state index is 0.820. The van der Waals surface area contributed by atoms with E-state index < -0.39 is 0 Å². The molecule has 0 aliphatic heterocycles. The molecule has 0 aliphatic rings. The maximum atomic E-state index is 5.27. The molecule has 0 aromatic carbocycles. The van der Waals surface area contributed by atoms with Gasteiger partial charge in [0, 0.05) is 13.2 Å². The van der Waals surface area contributed by atoms with Crippen molar-refractivity contribution in [2.24, 2.45) is 0 Å². The molecule has 62 valence electrons. The fraction of sp³-hybridized carbons (Fsp3) is 1.00. The molecule has 10 heavy (non-hydrogen) atoms. The fourth-order valence-electron chi connectivity index (χ4n) is 0.627. The number of hydrogen-bond acceptors (Lipinski definition) is 3. The van der Waals surface area contributed by atoms with Crippen LogP contribution in [0.4, 0.5) is 0 Å². The van der Waals surface area contributed by atoms with Crippen LogP contribution < -0.4 is 10.6 Å². The van der Waals surface area contributed by atoms with Gasteiger partial charge in [-0.25, -0.2) is 0 Å². The molecule has 0 spiro atoms. The van der Waals surface area contributed by atoms with Crippen molar-refractivity contribution in [3.05, 3.63) is 0 Å². The van der Waals surface area contributed by atoms with Crippen molar-refractivity contribution in [3.63, 3.8) is 0 Å². The standard InChI is InChI=1S/C7H18N2O/c1-8-4-3-6-10-7-5-9-2/h8-9H,3-7H2,1-2H3. The van der Waals surface area contributed by atoms with Gasteiger partial charge in [-0.3, -0.25) is 0 Å². The number of hydrogen-bond donors (Lipinski definition) is 2. The molecule has 0 aromatic heterocycles. The summed E-state index contributed by atoms with van der Waals surface area (Å²) in [4.78, 5) is 0. The zero-order chi connectivity index (χ0) is 7.66. The van der Waals surface area contributed by atoms with Gasteiger partial charge in [0.1, 0.15) is 0 Å². The molecule has 3 nitrogen and oxygen atoms in total. The van der Waals surface area contributed by atoms with Gasteiger partial charge < -0.3 is 15.4 Å². The lowest BCUT2D eigenvalue weighted by Gasteiger charge is -2.02. The van der Waals surface area contributed by atoms with Gasteiger partial charge in [0.25, 0.3) is 0 Å². The van der Waals surface area contributed by atoms with E-state index >= 15 is 0 Å². The van der Waals surface area contributed by atoms with Crippen LogP contribution in [0.3, 0.4) is 0 Å². The summed E-state index contributed by atoms with van der Waals surface area (Å²) in [5, 5.41) is 6.08. The summed E-state index contributed by atoms with van der Waals surface area (Å²) in [6, 6.07) is 0. The predicted molar refractivity (Wildman–Crippen MR) is 43.3 cm³/mol. The number of nitrogens with one attached hydrogen (secondary N) is 2. The molecular weight excluding hydrogens is 128 g/mol. The maximum Gasteiger partial charge on any atom is 0.0590 e. The second kappa shape index (κ2) is 8.88. The third-order valence-corrected chi connectivity index (χ3v) is 1.21.